The van der Waals surface area contributed by atoms with Crippen molar-refractivity contribution in [1.29, 1.82) is 0 Å². The van der Waals surface area contributed by atoms with Gasteiger partial charge in [0, 0.05) is 22.0 Å². The molecule has 2 unspecified atom stereocenters. The van der Waals surface area contributed by atoms with E-state index in [1.807, 2.05) is 0 Å². The first-order valence-corrected chi connectivity index (χ1v) is 6.96. The fraction of sp³-hybridized carbons (Fsp3) is 0.538. The van der Waals surface area contributed by atoms with Gasteiger partial charge in [-0.1, -0.05) is 30.5 Å². The van der Waals surface area contributed by atoms with E-state index in [1.54, 1.807) is 12.1 Å². The van der Waals surface area contributed by atoms with Gasteiger partial charge in [-0.3, -0.25) is 10.1 Å². The van der Waals surface area contributed by atoms with Gasteiger partial charge in [0.05, 0.1) is 4.92 Å². The second-order valence-corrected chi connectivity index (χ2v) is 5.79. The number of nitro benzene ring substituents is 1. The van der Waals surface area contributed by atoms with Crippen LogP contribution >= 0.6 is 23.2 Å². The number of rotatable bonds is 3. The third-order valence-corrected chi connectivity index (χ3v) is 4.35. The van der Waals surface area contributed by atoms with Crippen molar-refractivity contribution in [2.75, 3.05) is 0 Å². The van der Waals surface area contributed by atoms with Crippen molar-refractivity contribution in [3.8, 4) is 0 Å². The van der Waals surface area contributed by atoms with E-state index in [-0.39, 0.29) is 16.0 Å². The Morgan fingerprint density at radius 2 is 2.06 bits per heavy atom. The van der Waals surface area contributed by atoms with Crippen molar-refractivity contribution >= 4 is 28.9 Å². The third kappa shape index (κ3) is 3.15. The smallest absolute Gasteiger partial charge is 0.258 e. The molecular formula is C13H15Cl2NO2. The Kier molecular flexibility index (Phi) is 4.46. The van der Waals surface area contributed by atoms with E-state index < -0.39 is 0 Å². The summed E-state index contributed by atoms with van der Waals surface area (Å²) < 4.78 is 0. The van der Waals surface area contributed by atoms with E-state index >= 15 is 0 Å². The van der Waals surface area contributed by atoms with E-state index in [9.17, 15) is 10.1 Å². The molecule has 98 valence electrons. The van der Waals surface area contributed by atoms with Crippen molar-refractivity contribution in [3.05, 3.63) is 38.9 Å². The normalized spacial score (nSPS) is 23.9. The highest BCUT2D eigenvalue weighted by Gasteiger charge is 2.26. The predicted molar refractivity (Wildman–Crippen MR) is 73.4 cm³/mol. The van der Waals surface area contributed by atoms with E-state index in [0.717, 1.165) is 31.2 Å². The summed E-state index contributed by atoms with van der Waals surface area (Å²) in [5.41, 5.74) is 0.846. The van der Waals surface area contributed by atoms with E-state index in [2.05, 4.69) is 0 Å². The van der Waals surface area contributed by atoms with Gasteiger partial charge < -0.3 is 0 Å². The number of halogens is 2. The number of hydrogen-bond donors (Lipinski definition) is 0. The van der Waals surface area contributed by atoms with Gasteiger partial charge in [-0.15, -0.1) is 11.6 Å². The molecule has 0 radical (unpaired) electrons. The first-order chi connectivity index (χ1) is 8.58. The van der Waals surface area contributed by atoms with Gasteiger partial charge in [0.15, 0.2) is 0 Å². The van der Waals surface area contributed by atoms with Crippen LogP contribution in [0.3, 0.4) is 0 Å². The van der Waals surface area contributed by atoms with Crippen LogP contribution in [0, 0.1) is 16.0 Å². The molecule has 1 fully saturated rings. The number of hydrogen-bond acceptors (Lipinski definition) is 2. The quantitative estimate of drug-likeness (QED) is 0.464. The zero-order chi connectivity index (χ0) is 13.1. The average Bonchev–Trinajstić information content (AvgIpc) is 2.34. The zero-order valence-corrected chi connectivity index (χ0v) is 11.5. The topological polar surface area (TPSA) is 43.1 Å². The van der Waals surface area contributed by atoms with Crippen LogP contribution in [0.2, 0.25) is 5.02 Å². The van der Waals surface area contributed by atoms with Crippen molar-refractivity contribution in [3.63, 3.8) is 0 Å². The Morgan fingerprint density at radius 3 is 2.72 bits per heavy atom. The van der Waals surface area contributed by atoms with Crippen molar-refractivity contribution < 1.29 is 4.92 Å². The molecule has 1 aromatic carbocycles. The molecule has 0 aliphatic heterocycles. The molecule has 1 aromatic rings. The van der Waals surface area contributed by atoms with Crippen molar-refractivity contribution in [2.24, 2.45) is 5.92 Å². The fourth-order valence-electron chi connectivity index (χ4n) is 2.55. The average molecular weight is 288 g/mol. The Morgan fingerprint density at radius 1 is 1.33 bits per heavy atom. The highest BCUT2D eigenvalue weighted by molar-refractivity contribution is 6.30. The molecule has 0 N–H and O–H groups in total. The summed E-state index contributed by atoms with van der Waals surface area (Å²) in [5.74, 6) is 0.334. The molecule has 0 heterocycles. The van der Waals surface area contributed by atoms with Gasteiger partial charge in [0.2, 0.25) is 0 Å². The molecule has 0 amide bonds. The lowest BCUT2D eigenvalue weighted by atomic mass is 9.84. The van der Waals surface area contributed by atoms with Gasteiger partial charge in [0.1, 0.15) is 0 Å². The largest absolute Gasteiger partial charge is 0.274 e. The van der Waals surface area contributed by atoms with Gasteiger partial charge >= 0.3 is 0 Å². The predicted octanol–water partition coefficient (Wildman–Crippen LogP) is 4.59. The number of nitrogens with zero attached hydrogens (tertiary/aromatic N) is 1. The maximum absolute atomic E-state index is 11.0. The molecule has 3 nitrogen and oxygen atoms in total. The summed E-state index contributed by atoms with van der Waals surface area (Å²) >= 11 is 12.1. The Balaban J connectivity index is 2.20. The molecule has 18 heavy (non-hydrogen) atoms. The zero-order valence-electron chi connectivity index (χ0n) is 9.94. The molecule has 1 aliphatic carbocycles. The van der Waals surface area contributed by atoms with Crippen molar-refractivity contribution in [1.82, 2.24) is 0 Å². The highest BCUT2D eigenvalue weighted by Crippen LogP contribution is 2.34. The molecule has 0 spiro atoms. The highest BCUT2D eigenvalue weighted by atomic mass is 35.5. The van der Waals surface area contributed by atoms with E-state index in [1.165, 1.54) is 6.07 Å². The number of benzene rings is 1. The van der Waals surface area contributed by atoms with Gasteiger partial charge in [0.25, 0.3) is 5.69 Å². The minimum absolute atomic E-state index is 0.108. The van der Waals surface area contributed by atoms with Gasteiger partial charge in [-0.05, 0) is 31.2 Å². The molecule has 0 bridgehead atoms. The summed E-state index contributed by atoms with van der Waals surface area (Å²) in [6.45, 7) is 0. The number of alkyl halides is 1. The lowest BCUT2D eigenvalue weighted by molar-refractivity contribution is -0.385. The first kappa shape index (κ1) is 13.6. The second kappa shape index (κ2) is 5.89. The maximum atomic E-state index is 11.0. The Bertz CT molecular complexity index is 451. The van der Waals surface area contributed by atoms with Crippen LogP contribution in [-0.4, -0.2) is 10.3 Å². The molecule has 0 saturated heterocycles. The molecular weight excluding hydrogens is 273 g/mol. The van der Waals surface area contributed by atoms with Crippen LogP contribution in [0.15, 0.2) is 18.2 Å². The van der Waals surface area contributed by atoms with Crippen LogP contribution in [0.5, 0.6) is 0 Å². The standard InChI is InChI=1S/C13H15Cl2NO2/c14-11-6-5-10(13(8-11)16(17)18)7-9-3-1-2-4-12(9)15/h5-6,8-9,12H,1-4,7H2. The number of nitro groups is 1. The minimum Gasteiger partial charge on any atom is -0.258 e. The SMILES string of the molecule is O=[N+]([O-])c1cc(Cl)ccc1CC1CCCCC1Cl. The van der Waals surface area contributed by atoms with E-state index in [0.29, 0.717) is 17.4 Å². The van der Waals surface area contributed by atoms with Crippen LogP contribution in [-0.2, 0) is 6.42 Å². The lowest BCUT2D eigenvalue weighted by Crippen LogP contribution is -2.22. The van der Waals surface area contributed by atoms with Gasteiger partial charge in [-0.2, -0.15) is 0 Å². The summed E-state index contributed by atoms with van der Waals surface area (Å²) in [6, 6.07) is 4.87. The summed E-state index contributed by atoms with van der Waals surface area (Å²) in [6.07, 6.45) is 5.05. The van der Waals surface area contributed by atoms with Crippen LogP contribution < -0.4 is 0 Å². The molecule has 2 rings (SSSR count). The van der Waals surface area contributed by atoms with Crippen LogP contribution in [0.1, 0.15) is 31.2 Å². The first-order valence-electron chi connectivity index (χ1n) is 6.15. The van der Waals surface area contributed by atoms with Crippen LogP contribution in [0.25, 0.3) is 0 Å². The van der Waals surface area contributed by atoms with Crippen LogP contribution in [0.4, 0.5) is 5.69 Å². The summed E-state index contributed by atoms with van der Waals surface area (Å²) in [4.78, 5) is 10.6. The molecule has 1 saturated carbocycles. The minimum atomic E-state index is -0.368. The summed E-state index contributed by atoms with van der Waals surface area (Å²) in [7, 11) is 0. The molecule has 1 aliphatic rings. The van der Waals surface area contributed by atoms with Crippen molar-refractivity contribution in [2.45, 2.75) is 37.5 Å². The fourth-order valence-corrected chi connectivity index (χ4v) is 3.09. The summed E-state index contributed by atoms with van der Waals surface area (Å²) in [5, 5.41) is 11.5. The molecule has 5 heteroatoms. The maximum Gasteiger partial charge on any atom is 0.274 e. The monoisotopic (exact) mass is 287 g/mol. The van der Waals surface area contributed by atoms with E-state index in [4.69, 9.17) is 23.2 Å². The van der Waals surface area contributed by atoms with Gasteiger partial charge in [-0.25, -0.2) is 0 Å². The Hall–Kier alpha value is -0.800. The molecule has 0 aromatic heterocycles. The molecule has 2 atom stereocenters. The lowest BCUT2D eigenvalue weighted by Gasteiger charge is -2.26. The Labute approximate surface area is 116 Å². The third-order valence-electron chi connectivity index (χ3n) is 3.54. The second-order valence-electron chi connectivity index (χ2n) is 4.79.